The van der Waals surface area contributed by atoms with Gasteiger partial charge in [-0.3, -0.25) is 4.79 Å². The number of aromatic carboxylic acids is 1. The number of rotatable bonds is 7. The SMILES string of the molecule is CCOc1ccc2oc(C(=O)N/N=C/c3ccc(-c4cc(C(=O)O)ccc4Cl)o3)cc2c1. The summed E-state index contributed by atoms with van der Waals surface area (Å²) >= 11 is 6.16. The molecule has 32 heavy (non-hydrogen) atoms. The van der Waals surface area contributed by atoms with E-state index in [1.807, 2.05) is 6.92 Å². The van der Waals surface area contributed by atoms with Crippen molar-refractivity contribution in [2.24, 2.45) is 5.10 Å². The summed E-state index contributed by atoms with van der Waals surface area (Å²) in [6, 6.07) is 14.5. The van der Waals surface area contributed by atoms with Gasteiger partial charge in [0.05, 0.1) is 23.4 Å². The molecule has 2 aromatic heterocycles. The van der Waals surface area contributed by atoms with Crippen LogP contribution in [0.4, 0.5) is 0 Å². The number of halogens is 1. The van der Waals surface area contributed by atoms with Crippen LogP contribution in [-0.4, -0.2) is 29.8 Å². The Labute approximate surface area is 187 Å². The highest BCUT2D eigenvalue weighted by Gasteiger charge is 2.14. The molecular formula is C23H17ClN2O6. The Bertz CT molecular complexity index is 1340. The van der Waals surface area contributed by atoms with Gasteiger partial charge in [0, 0.05) is 10.9 Å². The average Bonchev–Trinajstić information content (AvgIpc) is 3.41. The number of carboxylic acids is 1. The average molecular weight is 453 g/mol. The number of hydrazone groups is 1. The monoisotopic (exact) mass is 452 g/mol. The summed E-state index contributed by atoms with van der Waals surface area (Å²) in [5, 5.41) is 14.1. The number of nitrogens with zero attached hydrogens (tertiary/aromatic N) is 1. The lowest BCUT2D eigenvalue weighted by molar-refractivity contribution is 0.0696. The first-order valence-corrected chi connectivity index (χ1v) is 9.95. The van der Waals surface area contributed by atoms with Crippen LogP contribution in [0.25, 0.3) is 22.3 Å². The van der Waals surface area contributed by atoms with Gasteiger partial charge in [-0.2, -0.15) is 5.10 Å². The minimum Gasteiger partial charge on any atom is -0.494 e. The molecule has 0 aliphatic heterocycles. The molecule has 0 saturated heterocycles. The Kier molecular flexibility index (Phi) is 5.96. The molecule has 0 radical (unpaired) electrons. The molecule has 4 rings (SSSR count). The lowest BCUT2D eigenvalue weighted by atomic mass is 10.1. The van der Waals surface area contributed by atoms with Gasteiger partial charge in [-0.25, -0.2) is 10.2 Å². The summed E-state index contributed by atoms with van der Waals surface area (Å²) in [6.07, 6.45) is 1.31. The second-order valence-corrected chi connectivity index (χ2v) is 7.05. The van der Waals surface area contributed by atoms with E-state index in [9.17, 15) is 9.59 Å². The second-order valence-electron chi connectivity index (χ2n) is 6.64. The first-order valence-electron chi connectivity index (χ1n) is 9.57. The van der Waals surface area contributed by atoms with E-state index in [2.05, 4.69) is 10.5 Å². The van der Waals surface area contributed by atoms with Crippen LogP contribution in [0.3, 0.4) is 0 Å². The zero-order valence-corrected chi connectivity index (χ0v) is 17.6. The van der Waals surface area contributed by atoms with E-state index in [4.69, 9.17) is 30.3 Å². The van der Waals surface area contributed by atoms with E-state index in [1.54, 1.807) is 36.4 Å². The van der Waals surface area contributed by atoms with Crippen LogP contribution in [0.1, 0.15) is 33.6 Å². The first-order chi connectivity index (χ1) is 15.4. The van der Waals surface area contributed by atoms with Crippen molar-refractivity contribution in [3.05, 3.63) is 76.7 Å². The topological polar surface area (TPSA) is 114 Å². The molecule has 0 fully saturated rings. The summed E-state index contributed by atoms with van der Waals surface area (Å²) in [4.78, 5) is 23.5. The van der Waals surface area contributed by atoms with Gasteiger partial charge < -0.3 is 18.7 Å². The van der Waals surface area contributed by atoms with Crippen molar-refractivity contribution in [3.63, 3.8) is 0 Å². The van der Waals surface area contributed by atoms with E-state index < -0.39 is 11.9 Å². The molecular weight excluding hydrogens is 436 g/mol. The first kappa shape index (κ1) is 21.2. The minimum absolute atomic E-state index is 0.0856. The van der Waals surface area contributed by atoms with Crippen LogP contribution in [-0.2, 0) is 0 Å². The van der Waals surface area contributed by atoms with Crippen molar-refractivity contribution in [3.8, 4) is 17.1 Å². The summed E-state index contributed by atoms with van der Waals surface area (Å²) in [5.41, 5.74) is 3.45. The van der Waals surface area contributed by atoms with Gasteiger partial charge in [-0.05, 0) is 61.5 Å². The summed E-state index contributed by atoms with van der Waals surface area (Å²) in [7, 11) is 0. The normalized spacial score (nSPS) is 11.2. The molecule has 2 heterocycles. The molecule has 2 N–H and O–H groups in total. The van der Waals surface area contributed by atoms with E-state index in [-0.39, 0.29) is 11.3 Å². The van der Waals surface area contributed by atoms with Gasteiger partial charge in [0.2, 0.25) is 0 Å². The van der Waals surface area contributed by atoms with Gasteiger partial charge in [0.1, 0.15) is 22.9 Å². The molecule has 0 aliphatic carbocycles. The van der Waals surface area contributed by atoms with Crippen LogP contribution < -0.4 is 10.2 Å². The lowest BCUT2D eigenvalue weighted by Gasteiger charge is -2.02. The molecule has 1 amide bonds. The fourth-order valence-electron chi connectivity index (χ4n) is 3.01. The van der Waals surface area contributed by atoms with Gasteiger partial charge in [-0.1, -0.05) is 11.6 Å². The van der Waals surface area contributed by atoms with Crippen molar-refractivity contribution in [2.75, 3.05) is 6.61 Å². The fraction of sp³-hybridized carbons (Fsp3) is 0.0870. The lowest BCUT2D eigenvalue weighted by Crippen LogP contribution is -2.16. The number of carboxylic acid groups (broad SMARTS) is 1. The Morgan fingerprint density at radius 1 is 1.12 bits per heavy atom. The maximum atomic E-state index is 12.3. The number of ether oxygens (including phenoxy) is 1. The van der Waals surface area contributed by atoms with Crippen molar-refractivity contribution in [2.45, 2.75) is 6.92 Å². The van der Waals surface area contributed by atoms with Crippen molar-refractivity contribution in [1.29, 1.82) is 0 Å². The molecule has 8 nitrogen and oxygen atoms in total. The Morgan fingerprint density at radius 3 is 2.75 bits per heavy atom. The number of carbonyl (C=O) groups is 2. The third-order valence-electron chi connectivity index (χ3n) is 4.49. The van der Waals surface area contributed by atoms with Gasteiger partial charge in [0.25, 0.3) is 0 Å². The predicted octanol–water partition coefficient (Wildman–Crippen LogP) is 5.21. The van der Waals surface area contributed by atoms with Crippen molar-refractivity contribution >= 4 is 40.7 Å². The molecule has 0 saturated carbocycles. The largest absolute Gasteiger partial charge is 0.494 e. The minimum atomic E-state index is -1.07. The Balaban J connectivity index is 1.45. The summed E-state index contributed by atoms with van der Waals surface area (Å²) < 4.78 is 16.6. The number of fused-ring (bicyclic) bond motifs is 1. The Morgan fingerprint density at radius 2 is 1.97 bits per heavy atom. The van der Waals surface area contributed by atoms with E-state index in [0.29, 0.717) is 40.0 Å². The maximum Gasteiger partial charge on any atom is 0.335 e. The quantitative estimate of drug-likeness (QED) is 0.294. The number of hydrogen-bond donors (Lipinski definition) is 2. The highest BCUT2D eigenvalue weighted by Crippen LogP contribution is 2.30. The molecule has 4 aromatic rings. The van der Waals surface area contributed by atoms with Crippen LogP contribution in [0.5, 0.6) is 5.75 Å². The predicted molar refractivity (Wildman–Crippen MR) is 119 cm³/mol. The number of carbonyl (C=O) groups excluding carboxylic acids is 1. The van der Waals surface area contributed by atoms with E-state index in [0.717, 1.165) is 5.39 Å². The van der Waals surface area contributed by atoms with Crippen LogP contribution in [0, 0.1) is 0 Å². The molecule has 0 bridgehead atoms. The number of nitrogens with one attached hydrogen (secondary N) is 1. The van der Waals surface area contributed by atoms with E-state index in [1.165, 1.54) is 24.4 Å². The highest BCUT2D eigenvalue weighted by molar-refractivity contribution is 6.33. The summed E-state index contributed by atoms with van der Waals surface area (Å²) in [5.74, 6) is -0.106. The van der Waals surface area contributed by atoms with Crippen molar-refractivity contribution < 1.29 is 28.3 Å². The second kappa shape index (κ2) is 8.99. The van der Waals surface area contributed by atoms with Gasteiger partial charge >= 0.3 is 11.9 Å². The van der Waals surface area contributed by atoms with Crippen LogP contribution >= 0.6 is 11.6 Å². The van der Waals surface area contributed by atoms with Crippen molar-refractivity contribution in [1.82, 2.24) is 5.43 Å². The molecule has 0 unspecified atom stereocenters. The number of furan rings is 2. The molecule has 2 aromatic carbocycles. The summed E-state index contributed by atoms with van der Waals surface area (Å²) in [6.45, 7) is 2.43. The standard InChI is InChI=1S/C23H17ClN2O6/c1-2-30-15-4-7-19-14(9-15)11-21(32-19)22(27)26-25-12-16-5-8-20(31-16)17-10-13(23(28)29)3-6-18(17)24/h3-12H,2H2,1H3,(H,26,27)(H,28,29)/b25-12+. The van der Waals surface area contributed by atoms with Crippen LogP contribution in [0.15, 0.2) is 68.5 Å². The Hall–Kier alpha value is -4.04. The third-order valence-corrected chi connectivity index (χ3v) is 4.82. The molecule has 0 spiro atoms. The zero-order chi connectivity index (χ0) is 22.7. The van der Waals surface area contributed by atoms with Gasteiger partial charge in [0.15, 0.2) is 5.76 Å². The molecule has 9 heteroatoms. The van der Waals surface area contributed by atoms with Crippen LogP contribution in [0.2, 0.25) is 5.02 Å². The number of benzene rings is 2. The highest BCUT2D eigenvalue weighted by atomic mass is 35.5. The number of amides is 1. The molecule has 0 atom stereocenters. The zero-order valence-electron chi connectivity index (χ0n) is 16.8. The number of hydrogen-bond acceptors (Lipinski definition) is 6. The molecule has 162 valence electrons. The van der Waals surface area contributed by atoms with Gasteiger partial charge in [-0.15, -0.1) is 0 Å². The molecule has 0 aliphatic rings. The maximum absolute atomic E-state index is 12.3. The fourth-order valence-corrected chi connectivity index (χ4v) is 3.22. The third kappa shape index (κ3) is 4.50. The smallest absolute Gasteiger partial charge is 0.335 e. The van der Waals surface area contributed by atoms with E-state index >= 15 is 0 Å².